The number of nitrogens with zero attached hydrogens (tertiary/aromatic N) is 2. The molecule has 0 aliphatic carbocycles. The van der Waals surface area contributed by atoms with Gasteiger partial charge in [-0.2, -0.15) is 0 Å². The zero-order valence-corrected chi connectivity index (χ0v) is 14.5. The molecule has 1 aliphatic heterocycles. The van der Waals surface area contributed by atoms with Crippen LogP contribution in [0.4, 0.5) is 10.1 Å². The monoisotopic (exact) mass is 340 g/mol. The van der Waals surface area contributed by atoms with Crippen molar-refractivity contribution in [2.45, 2.75) is 26.7 Å². The van der Waals surface area contributed by atoms with Crippen LogP contribution in [0.1, 0.15) is 34.3 Å². The Labute approximate surface area is 146 Å². The molecule has 25 heavy (non-hydrogen) atoms. The molecular weight excluding hydrogens is 319 g/mol. The van der Waals surface area contributed by atoms with Crippen LogP contribution in [0.15, 0.2) is 42.5 Å². The summed E-state index contributed by atoms with van der Waals surface area (Å²) in [6.45, 7) is 4.48. The Bertz CT molecular complexity index is 799. The van der Waals surface area contributed by atoms with Gasteiger partial charge in [0, 0.05) is 18.5 Å². The van der Waals surface area contributed by atoms with E-state index >= 15 is 0 Å². The van der Waals surface area contributed by atoms with Gasteiger partial charge in [-0.3, -0.25) is 14.5 Å². The van der Waals surface area contributed by atoms with Gasteiger partial charge in [-0.15, -0.1) is 0 Å². The molecule has 1 saturated heterocycles. The fourth-order valence-electron chi connectivity index (χ4n) is 3.20. The van der Waals surface area contributed by atoms with Crippen molar-refractivity contribution in [3.63, 3.8) is 0 Å². The quantitative estimate of drug-likeness (QED) is 0.852. The molecule has 4 nitrogen and oxygen atoms in total. The van der Waals surface area contributed by atoms with E-state index in [1.54, 1.807) is 35.2 Å². The van der Waals surface area contributed by atoms with Gasteiger partial charge in [-0.25, -0.2) is 4.39 Å². The van der Waals surface area contributed by atoms with Crippen LogP contribution in [0.2, 0.25) is 0 Å². The highest BCUT2D eigenvalue weighted by Gasteiger charge is 2.27. The molecule has 130 valence electrons. The van der Waals surface area contributed by atoms with Gasteiger partial charge >= 0.3 is 0 Å². The van der Waals surface area contributed by atoms with Gasteiger partial charge in [-0.1, -0.05) is 29.3 Å². The fraction of sp³-hybridized carbons (Fsp3) is 0.300. The maximum absolute atomic E-state index is 14.3. The highest BCUT2D eigenvalue weighted by molar-refractivity contribution is 6.06. The topological polar surface area (TPSA) is 40.6 Å². The minimum absolute atomic E-state index is 0.00504. The molecule has 3 rings (SSSR count). The number of rotatable bonds is 4. The van der Waals surface area contributed by atoms with Crippen LogP contribution in [0.5, 0.6) is 0 Å². The molecule has 1 aliphatic rings. The van der Waals surface area contributed by atoms with Gasteiger partial charge in [0.15, 0.2) is 0 Å². The minimum Gasteiger partial charge on any atom is -0.324 e. The normalized spacial score (nSPS) is 14.0. The lowest BCUT2D eigenvalue weighted by Gasteiger charge is -2.28. The first-order valence-corrected chi connectivity index (χ1v) is 8.38. The van der Waals surface area contributed by atoms with E-state index in [1.807, 2.05) is 19.9 Å². The average Bonchev–Trinajstić information content (AvgIpc) is 2.97. The van der Waals surface area contributed by atoms with E-state index in [0.717, 1.165) is 17.5 Å². The number of hydrogen-bond donors (Lipinski definition) is 0. The van der Waals surface area contributed by atoms with E-state index < -0.39 is 5.82 Å². The van der Waals surface area contributed by atoms with Crippen LogP contribution in [0.25, 0.3) is 0 Å². The van der Waals surface area contributed by atoms with Gasteiger partial charge in [0.2, 0.25) is 5.91 Å². The first-order valence-electron chi connectivity index (χ1n) is 8.38. The van der Waals surface area contributed by atoms with Crippen molar-refractivity contribution >= 4 is 17.5 Å². The summed E-state index contributed by atoms with van der Waals surface area (Å²) in [6.07, 6.45) is 1.24. The molecule has 1 fully saturated rings. The zero-order valence-electron chi connectivity index (χ0n) is 14.5. The van der Waals surface area contributed by atoms with Crippen molar-refractivity contribution in [3.8, 4) is 0 Å². The van der Waals surface area contributed by atoms with Crippen LogP contribution in [0, 0.1) is 19.7 Å². The molecule has 5 heteroatoms. The van der Waals surface area contributed by atoms with E-state index in [1.165, 1.54) is 11.0 Å². The number of halogens is 1. The van der Waals surface area contributed by atoms with Crippen LogP contribution < -0.4 is 4.90 Å². The van der Waals surface area contributed by atoms with Crippen molar-refractivity contribution in [1.82, 2.24) is 4.90 Å². The molecule has 0 atom stereocenters. The summed E-state index contributed by atoms with van der Waals surface area (Å²) in [7, 11) is 0. The average molecular weight is 340 g/mol. The Morgan fingerprint density at radius 3 is 2.44 bits per heavy atom. The molecule has 1 heterocycles. The molecule has 0 N–H and O–H groups in total. The second kappa shape index (κ2) is 7.05. The number of para-hydroxylation sites is 1. The lowest BCUT2D eigenvalue weighted by Crippen LogP contribution is -2.42. The second-order valence-electron chi connectivity index (χ2n) is 6.46. The fourth-order valence-corrected chi connectivity index (χ4v) is 3.20. The number of hydrogen-bond acceptors (Lipinski definition) is 2. The molecule has 0 radical (unpaired) electrons. The molecular formula is C20H21FN2O2. The summed E-state index contributed by atoms with van der Waals surface area (Å²) < 4.78 is 14.3. The van der Waals surface area contributed by atoms with E-state index in [0.29, 0.717) is 18.5 Å². The molecule has 2 aromatic carbocycles. The highest BCUT2D eigenvalue weighted by atomic mass is 19.1. The molecule has 0 aromatic heterocycles. The lowest BCUT2D eigenvalue weighted by molar-refractivity contribution is -0.127. The Morgan fingerprint density at radius 2 is 1.84 bits per heavy atom. The highest BCUT2D eigenvalue weighted by Crippen LogP contribution is 2.24. The maximum Gasteiger partial charge on any atom is 0.259 e. The maximum atomic E-state index is 14.3. The summed E-state index contributed by atoms with van der Waals surface area (Å²) >= 11 is 0. The van der Waals surface area contributed by atoms with Crippen LogP contribution >= 0.6 is 0 Å². The number of likely N-dealkylation sites (tertiary alicyclic amines) is 1. The van der Waals surface area contributed by atoms with Crippen LogP contribution in [-0.4, -0.2) is 29.9 Å². The van der Waals surface area contributed by atoms with Crippen LogP contribution in [0.3, 0.4) is 0 Å². The van der Waals surface area contributed by atoms with Crippen molar-refractivity contribution in [2.24, 2.45) is 0 Å². The van der Waals surface area contributed by atoms with Gasteiger partial charge in [0.1, 0.15) is 12.5 Å². The summed E-state index contributed by atoms with van der Waals surface area (Å²) in [5.74, 6) is -0.793. The van der Waals surface area contributed by atoms with Crippen molar-refractivity contribution < 1.29 is 14.0 Å². The SMILES string of the molecule is Cc1cc(C)cc(C(=O)N(CN2CCCC2=O)c2ccccc2F)c1. The van der Waals surface area contributed by atoms with E-state index in [9.17, 15) is 14.0 Å². The predicted octanol–water partition coefficient (Wildman–Crippen LogP) is 3.67. The molecule has 0 spiro atoms. The second-order valence-corrected chi connectivity index (χ2v) is 6.46. The summed E-state index contributed by atoms with van der Waals surface area (Å²) in [4.78, 5) is 28.1. The van der Waals surface area contributed by atoms with Crippen molar-refractivity contribution in [1.29, 1.82) is 0 Å². The first-order chi connectivity index (χ1) is 12.0. The summed E-state index contributed by atoms with van der Waals surface area (Å²) in [5, 5.41) is 0. The standard InChI is InChI=1S/C20H21FN2O2/c1-14-10-15(2)12-16(11-14)20(25)23(13-22-9-5-8-19(22)24)18-7-4-3-6-17(18)21/h3-4,6-7,10-12H,5,8-9,13H2,1-2H3. The molecule has 2 aromatic rings. The van der Waals surface area contributed by atoms with E-state index in [2.05, 4.69) is 0 Å². The summed E-state index contributed by atoms with van der Waals surface area (Å²) in [5.41, 5.74) is 2.61. The number of aryl methyl sites for hydroxylation is 2. The smallest absolute Gasteiger partial charge is 0.259 e. The largest absolute Gasteiger partial charge is 0.324 e. The zero-order chi connectivity index (χ0) is 18.0. The molecule has 0 unspecified atom stereocenters. The minimum atomic E-state index is -0.480. The molecule has 0 saturated carbocycles. The third kappa shape index (κ3) is 3.71. The van der Waals surface area contributed by atoms with E-state index in [4.69, 9.17) is 0 Å². The predicted molar refractivity (Wildman–Crippen MR) is 94.9 cm³/mol. The number of anilines is 1. The Balaban J connectivity index is 1.99. The first kappa shape index (κ1) is 17.1. The molecule has 2 amide bonds. The van der Waals surface area contributed by atoms with Gasteiger partial charge < -0.3 is 4.90 Å². The van der Waals surface area contributed by atoms with Gasteiger partial charge in [-0.05, 0) is 44.5 Å². The van der Waals surface area contributed by atoms with Crippen LogP contribution in [-0.2, 0) is 4.79 Å². The lowest BCUT2D eigenvalue weighted by atomic mass is 10.1. The summed E-state index contributed by atoms with van der Waals surface area (Å²) in [6, 6.07) is 11.7. The number of amides is 2. The Morgan fingerprint density at radius 1 is 1.16 bits per heavy atom. The van der Waals surface area contributed by atoms with Crippen molar-refractivity contribution in [3.05, 3.63) is 65.0 Å². The third-order valence-corrected chi connectivity index (χ3v) is 4.34. The van der Waals surface area contributed by atoms with Crippen molar-refractivity contribution in [2.75, 3.05) is 18.1 Å². The number of carbonyl (C=O) groups is 2. The third-order valence-electron chi connectivity index (χ3n) is 4.34. The number of benzene rings is 2. The Hall–Kier alpha value is -2.69. The Kier molecular flexibility index (Phi) is 4.83. The molecule has 0 bridgehead atoms. The van der Waals surface area contributed by atoms with Gasteiger partial charge in [0.05, 0.1) is 5.69 Å². The van der Waals surface area contributed by atoms with E-state index in [-0.39, 0.29) is 24.2 Å². The van der Waals surface area contributed by atoms with Gasteiger partial charge in [0.25, 0.3) is 5.91 Å². The number of carbonyl (C=O) groups excluding carboxylic acids is 2.